The Labute approximate surface area is 200 Å². The van der Waals surface area contributed by atoms with E-state index >= 15 is 0 Å². The predicted molar refractivity (Wildman–Crippen MR) is 131 cm³/mol. The quantitative estimate of drug-likeness (QED) is 0.209. The number of carbonyl (C=O) groups excluding carboxylic acids is 1. The molecule has 176 valence electrons. The number of rotatable bonds is 7. The Morgan fingerprint density at radius 3 is 2.45 bits per heavy atom. The molecule has 1 aromatic rings. The van der Waals surface area contributed by atoms with E-state index in [0.29, 0.717) is 19.0 Å². The van der Waals surface area contributed by atoms with E-state index in [1.165, 1.54) is 0 Å². The SMILES string of the molecule is CN=C(NCCNC(=O)C(C)(C)C)NC1CCCN(c2ccc(OC(F)F)cc2)C1.I. The maximum Gasteiger partial charge on any atom is 0.387 e. The topological polar surface area (TPSA) is 78.0 Å². The third-order valence-corrected chi connectivity index (χ3v) is 4.80. The van der Waals surface area contributed by atoms with Crippen molar-refractivity contribution < 1.29 is 18.3 Å². The van der Waals surface area contributed by atoms with E-state index in [9.17, 15) is 13.6 Å². The van der Waals surface area contributed by atoms with Crippen LogP contribution >= 0.6 is 24.0 Å². The van der Waals surface area contributed by atoms with E-state index in [4.69, 9.17) is 0 Å². The van der Waals surface area contributed by atoms with E-state index in [0.717, 1.165) is 31.6 Å². The van der Waals surface area contributed by atoms with Crippen molar-refractivity contribution in [2.45, 2.75) is 46.3 Å². The Morgan fingerprint density at radius 2 is 1.87 bits per heavy atom. The third kappa shape index (κ3) is 9.44. The van der Waals surface area contributed by atoms with Crippen molar-refractivity contribution in [1.29, 1.82) is 0 Å². The standard InChI is InChI=1S/C21H33F2N5O2.HI/c1-21(2,3)18(29)25-11-12-26-20(24-4)27-15-6-5-13-28(14-15)16-7-9-17(10-8-16)30-19(22)23;/h7-10,15,19H,5-6,11-14H2,1-4H3,(H,25,29)(H2,24,26,27);1H. The highest BCUT2D eigenvalue weighted by molar-refractivity contribution is 14.0. The number of nitrogens with zero attached hydrogens (tertiary/aromatic N) is 2. The van der Waals surface area contributed by atoms with Gasteiger partial charge in [0.25, 0.3) is 0 Å². The van der Waals surface area contributed by atoms with Crippen LogP contribution in [0.5, 0.6) is 5.75 Å². The van der Waals surface area contributed by atoms with Crippen LogP contribution in [0.25, 0.3) is 0 Å². The zero-order chi connectivity index (χ0) is 22.1. The van der Waals surface area contributed by atoms with E-state index in [2.05, 4.69) is 30.6 Å². The molecule has 1 unspecified atom stereocenters. The Kier molecular flexibility index (Phi) is 11.3. The number of alkyl halides is 2. The molecule has 3 N–H and O–H groups in total. The van der Waals surface area contributed by atoms with Crippen LogP contribution < -0.4 is 25.6 Å². The number of benzene rings is 1. The van der Waals surface area contributed by atoms with E-state index in [-0.39, 0.29) is 41.7 Å². The van der Waals surface area contributed by atoms with Crippen LogP contribution in [0.3, 0.4) is 0 Å². The lowest BCUT2D eigenvalue weighted by molar-refractivity contribution is -0.128. The molecule has 1 aliphatic rings. The lowest BCUT2D eigenvalue weighted by Crippen LogP contribution is -2.52. The predicted octanol–water partition coefficient (Wildman–Crippen LogP) is 3.20. The number of hydrogen-bond donors (Lipinski definition) is 3. The fourth-order valence-corrected chi connectivity index (χ4v) is 3.18. The zero-order valence-electron chi connectivity index (χ0n) is 18.6. The van der Waals surface area contributed by atoms with Crippen molar-refractivity contribution in [1.82, 2.24) is 16.0 Å². The van der Waals surface area contributed by atoms with E-state index < -0.39 is 12.0 Å². The summed E-state index contributed by atoms with van der Waals surface area (Å²) in [6, 6.07) is 6.91. The maximum absolute atomic E-state index is 12.3. The van der Waals surface area contributed by atoms with Crippen LogP contribution in [0.15, 0.2) is 29.3 Å². The fourth-order valence-electron chi connectivity index (χ4n) is 3.18. The van der Waals surface area contributed by atoms with Crippen LogP contribution in [0.2, 0.25) is 0 Å². The lowest BCUT2D eigenvalue weighted by Gasteiger charge is -2.35. The largest absolute Gasteiger partial charge is 0.435 e. The van der Waals surface area contributed by atoms with Crippen molar-refractivity contribution in [2.24, 2.45) is 10.4 Å². The summed E-state index contributed by atoms with van der Waals surface area (Å²) < 4.78 is 29.0. The molecule has 1 fully saturated rings. The van der Waals surface area contributed by atoms with Gasteiger partial charge in [-0.05, 0) is 37.1 Å². The van der Waals surface area contributed by atoms with Crippen molar-refractivity contribution in [3.05, 3.63) is 24.3 Å². The molecular weight excluding hydrogens is 519 g/mol. The molecule has 0 bridgehead atoms. The van der Waals surface area contributed by atoms with Crippen LogP contribution in [0, 0.1) is 5.41 Å². The number of piperidine rings is 1. The average Bonchev–Trinajstić information content (AvgIpc) is 2.69. The van der Waals surface area contributed by atoms with Gasteiger partial charge < -0.3 is 25.6 Å². The summed E-state index contributed by atoms with van der Waals surface area (Å²) in [5.74, 6) is 0.858. The number of anilines is 1. The Morgan fingerprint density at radius 1 is 1.23 bits per heavy atom. The van der Waals surface area contributed by atoms with Gasteiger partial charge in [0.15, 0.2) is 5.96 Å². The van der Waals surface area contributed by atoms with Crippen LogP contribution in [0.1, 0.15) is 33.6 Å². The van der Waals surface area contributed by atoms with Crippen LogP contribution in [0.4, 0.5) is 14.5 Å². The second kappa shape index (κ2) is 12.9. The molecule has 1 aromatic carbocycles. The first-order chi connectivity index (χ1) is 14.2. The number of amides is 1. The number of guanidine groups is 1. The first-order valence-corrected chi connectivity index (χ1v) is 10.2. The van der Waals surface area contributed by atoms with Gasteiger partial charge >= 0.3 is 6.61 Å². The van der Waals surface area contributed by atoms with Crippen molar-refractivity contribution in [2.75, 3.05) is 38.1 Å². The first kappa shape index (κ1) is 27.2. The highest BCUT2D eigenvalue weighted by Crippen LogP contribution is 2.23. The van der Waals surface area contributed by atoms with Gasteiger partial charge in [-0.15, -0.1) is 24.0 Å². The summed E-state index contributed by atoms with van der Waals surface area (Å²) in [4.78, 5) is 18.4. The molecule has 0 saturated carbocycles. The molecule has 7 nitrogen and oxygen atoms in total. The molecule has 1 amide bonds. The van der Waals surface area contributed by atoms with Gasteiger partial charge in [0, 0.05) is 50.4 Å². The summed E-state index contributed by atoms with van der Waals surface area (Å²) in [6.07, 6.45) is 2.01. The first-order valence-electron chi connectivity index (χ1n) is 10.2. The molecule has 0 aromatic heterocycles. The normalized spacial score (nSPS) is 17.1. The summed E-state index contributed by atoms with van der Waals surface area (Å²) >= 11 is 0. The highest BCUT2D eigenvalue weighted by atomic mass is 127. The minimum Gasteiger partial charge on any atom is -0.435 e. The highest BCUT2D eigenvalue weighted by Gasteiger charge is 2.22. The zero-order valence-corrected chi connectivity index (χ0v) is 20.9. The molecule has 2 rings (SSSR count). The van der Waals surface area contributed by atoms with Crippen LogP contribution in [-0.2, 0) is 4.79 Å². The van der Waals surface area contributed by atoms with Gasteiger partial charge in [-0.1, -0.05) is 20.8 Å². The van der Waals surface area contributed by atoms with Gasteiger partial charge in [0.1, 0.15) is 5.75 Å². The molecule has 31 heavy (non-hydrogen) atoms. The molecule has 0 radical (unpaired) electrons. The van der Waals surface area contributed by atoms with Crippen molar-refractivity contribution in [3.8, 4) is 5.75 Å². The fraction of sp³-hybridized carbons (Fsp3) is 0.619. The Balaban J connectivity index is 0.00000480. The third-order valence-electron chi connectivity index (χ3n) is 4.80. The lowest BCUT2D eigenvalue weighted by atomic mass is 9.96. The van der Waals surface area contributed by atoms with Gasteiger partial charge in [-0.25, -0.2) is 0 Å². The minimum atomic E-state index is -2.82. The minimum absolute atomic E-state index is 0. The molecule has 1 saturated heterocycles. The Hall–Kier alpha value is -1.85. The molecule has 10 heteroatoms. The van der Waals surface area contributed by atoms with Crippen LogP contribution in [-0.4, -0.2) is 57.7 Å². The average molecular weight is 553 g/mol. The second-order valence-corrected chi connectivity index (χ2v) is 8.31. The molecule has 1 atom stereocenters. The smallest absolute Gasteiger partial charge is 0.387 e. The summed E-state index contributed by atoms with van der Waals surface area (Å²) in [6.45, 7) is 5.58. The monoisotopic (exact) mass is 553 g/mol. The number of ether oxygens (including phenoxy) is 1. The van der Waals surface area contributed by atoms with Crippen molar-refractivity contribution >= 4 is 41.5 Å². The number of hydrogen-bond acceptors (Lipinski definition) is 4. The molecule has 1 heterocycles. The van der Waals surface area contributed by atoms with Gasteiger partial charge in [0.2, 0.25) is 5.91 Å². The summed E-state index contributed by atoms with van der Waals surface area (Å²) in [7, 11) is 1.71. The van der Waals surface area contributed by atoms with E-state index in [1.54, 1.807) is 31.3 Å². The number of halogens is 3. The second-order valence-electron chi connectivity index (χ2n) is 8.31. The maximum atomic E-state index is 12.3. The number of carbonyl (C=O) groups is 1. The summed E-state index contributed by atoms with van der Waals surface area (Å²) in [5.41, 5.74) is 0.561. The Bertz CT molecular complexity index is 711. The van der Waals surface area contributed by atoms with Gasteiger partial charge in [-0.2, -0.15) is 8.78 Å². The number of aliphatic imine (C=N–C) groups is 1. The van der Waals surface area contributed by atoms with Crippen molar-refractivity contribution in [3.63, 3.8) is 0 Å². The molecule has 1 aliphatic heterocycles. The van der Waals surface area contributed by atoms with Gasteiger partial charge in [0.05, 0.1) is 0 Å². The molecule has 0 aliphatic carbocycles. The van der Waals surface area contributed by atoms with Gasteiger partial charge in [-0.3, -0.25) is 9.79 Å². The van der Waals surface area contributed by atoms with E-state index in [1.807, 2.05) is 20.8 Å². The molecular formula is C21H34F2IN5O2. The molecule has 0 spiro atoms. The number of nitrogens with one attached hydrogen (secondary N) is 3. The summed E-state index contributed by atoms with van der Waals surface area (Å²) in [5, 5.41) is 9.54.